The van der Waals surface area contributed by atoms with Crippen LogP contribution in [0.3, 0.4) is 0 Å². The van der Waals surface area contributed by atoms with Crippen LogP contribution in [0.4, 0.5) is 5.69 Å². The van der Waals surface area contributed by atoms with Crippen molar-refractivity contribution >= 4 is 16.6 Å². The summed E-state index contributed by atoms with van der Waals surface area (Å²) in [5.41, 5.74) is 6.87. The number of benzene rings is 4. The van der Waals surface area contributed by atoms with E-state index in [9.17, 15) is 10.1 Å². The van der Waals surface area contributed by atoms with Gasteiger partial charge in [-0.3, -0.25) is 10.1 Å². The van der Waals surface area contributed by atoms with E-state index in [1.807, 2.05) is 60.7 Å². The van der Waals surface area contributed by atoms with Crippen LogP contribution < -0.4 is 0 Å². The van der Waals surface area contributed by atoms with E-state index in [4.69, 9.17) is 0 Å². The molecule has 0 amide bonds. The molecule has 144 valence electrons. The molecule has 1 heterocycles. The van der Waals surface area contributed by atoms with Crippen LogP contribution in [-0.2, 0) is 0 Å². The predicted molar refractivity (Wildman–Crippen MR) is 121 cm³/mol. The van der Waals surface area contributed by atoms with Crippen molar-refractivity contribution < 1.29 is 4.92 Å². The van der Waals surface area contributed by atoms with Crippen molar-refractivity contribution in [2.75, 3.05) is 0 Å². The number of hydrogen-bond donors (Lipinski definition) is 1. The first-order valence-corrected chi connectivity index (χ1v) is 9.73. The summed E-state index contributed by atoms with van der Waals surface area (Å²) in [6.07, 6.45) is 0. The largest absolute Gasteiger partial charge is 0.354 e. The van der Waals surface area contributed by atoms with E-state index in [0.29, 0.717) is 5.56 Å². The van der Waals surface area contributed by atoms with E-state index in [0.717, 1.165) is 38.9 Å². The van der Waals surface area contributed by atoms with Crippen LogP contribution >= 0.6 is 0 Å². The fourth-order valence-electron chi connectivity index (χ4n) is 3.97. The number of H-pyrrole nitrogens is 1. The average Bonchev–Trinajstić information content (AvgIpc) is 3.19. The minimum absolute atomic E-state index is 0.106. The SMILES string of the molecule is O=[N+]([O-])c1ccccc1-c1ccc2c(-c3ccccc3)c(-c3ccccc3)[nH]c2c1. The molecule has 0 bridgehead atoms. The van der Waals surface area contributed by atoms with Crippen molar-refractivity contribution in [3.63, 3.8) is 0 Å². The van der Waals surface area contributed by atoms with Crippen molar-refractivity contribution in [2.24, 2.45) is 0 Å². The van der Waals surface area contributed by atoms with Crippen LogP contribution in [0.2, 0.25) is 0 Å². The lowest BCUT2D eigenvalue weighted by Gasteiger charge is -2.06. The third-order valence-corrected chi connectivity index (χ3v) is 5.34. The van der Waals surface area contributed by atoms with Gasteiger partial charge in [0.25, 0.3) is 5.69 Å². The number of nitro benzene ring substituents is 1. The van der Waals surface area contributed by atoms with Crippen molar-refractivity contribution in [1.29, 1.82) is 0 Å². The topological polar surface area (TPSA) is 58.9 Å². The zero-order valence-corrected chi connectivity index (χ0v) is 16.1. The maximum atomic E-state index is 11.5. The summed E-state index contributed by atoms with van der Waals surface area (Å²) in [4.78, 5) is 14.7. The van der Waals surface area contributed by atoms with E-state index in [1.165, 1.54) is 0 Å². The summed E-state index contributed by atoms with van der Waals surface area (Å²) in [5, 5.41) is 12.6. The van der Waals surface area contributed by atoms with Crippen LogP contribution in [0.5, 0.6) is 0 Å². The van der Waals surface area contributed by atoms with Crippen molar-refractivity contribution in [2.45, 2.75) is 0 Å². The Bertz CT molecular complexity index is 1360. The second kappa shape index (κ2) is 7.33. The zero-order chi connectivity index (χ0) is 20.5. The van der Waals surface area contributed by atoms with Gasteiger partial charge < -0.3 is 4.98 Å². The standard InChI is InChI=1S/C26H18N2O2/c29-28(30)24-14-8-7-13-21(24)20-15-16-22-23(17-20)27-26(19-11-5-2-6-12-19)25(22)18-9-3-1-4-10-18/h1-17,27H. The number of fused-ring (bicyclic) bond motifs is 1. The van der Waals surface area contributed by atoms with Crippen LogP contribution in [-0.4, -0.2) is 9.91 Å². The molecule has 0 aliphatic rings. The quantitative estimate of drug-likeness (QED) is 0.263. The third kappa shape index (κ3) is 3.05. The van der Waals surface area contributed by atoms with Gasteiger partial charge >= 0.3 is 0 Å². The number of rotatable bonds is 4. The van der Waals surface area contributed by atoms with E-state index in [1.54, 1.807) is 18.2 Å². The monoisotopic (exact) mass is 390 g/mol. The van der Waals surface area contributed by atoms with Gasteiger partial charge in [-0.05, 0) is 28.8 Å². The smallest absolute Gasteiger partial charge is 0.277 e. The summed E-state index contributed by atoms with van der Waals surface area (Å²) in [7, 11) is 0. The number of nitro groups is 1. The van der Waals surface area contributed by atoms with Gasteiger partial charge in [0.05, 0.1) is 16.2 Å². The summed E-state index contributed by atoms with van der Waals surface area (Å²) in [5.74, 6) is 0. The zero-order valence-electron chi connectivity index (χ0n) is 16.1. The molecule has 30 heavy (non-hydrogen) atoms. The van der Waals surface area contributed by atoms with E-state index in [2.05, 4.69) is 29.2 Å². The van der Waals surface area contributed by atoms with Crippen molar-refractivity contribution in [1.82, 2.24) is 4.98 Å². The van der Waals surface area contributed by atoms with E-state index in [-0.39, 0.29) is 10.6 Å². The Labute approximate surface area is 173 Å². The highest BCUT2D eigenvalue weighted by atomic mass is 16.6. The maximum absolute atomic E-state index is 11.5. The number of nitrogens with zero attached hydrogens (tertiary/aromatic N) is 1. The highest BCUT2D eigenvalue weighted by Crippen LogP contribution is 2.40. The molecule has 0 aliphatic carbocycles. The lowest BCUT2D eigenvalue weighted by Crippen LogP contribution is -1.91. The molecule has 0 saturated heterocycles. The van der Waals surface area contributed by atoms with Crippen LogP contribution in [0, 0.1) is 10.1 Å². The predicted octanol–water partition coefficient (Wildman–Crippen LogP) is 7.08. The molecular formula is C26H18N2O2. The Morgan fingerprint density at radius 1 is 0.667 bits per heavy atom. The summed E-state index contributed by atoms with van der Waals surface area (Å²) >= 11 is 0. The highest BCUT2D eigenvalue weighted by molar-refractivity contribution is 6.05. The van der Waals surface area contributed by atoms with Crippen LogP contribution in [0.15, 0.2) is 103 Å². The third-order valence-electron chi connectivity index (χ3n) is 5.34. The van der Waals surface area contributed by atoms with Gasteiger partial charge in [-0.1, -0.05) is 84.9 Å². The maximum Gasteiger partial charge on any atom is 0.277 e. The Hall–Kier alpha value is -4.18. The number of aromatic nitrogens is 1. The number of aromatic amines is 1. The van der Waals surface area contributed by atoms with Gasteiger partial charge in [0, 0.05) is 22.5 Å². The molecule has 1 aromatic heterocycles. The first-order chi connectivity index (χ1) is 14.7. The van der Waals surface area contributed by atoms with Gasteiger partial charge in [-0.2, -0.15) is 0 Å². The fraction of sp³-hybridized carbons (Fsp3) is 0. The number of nitrogens with one attached hydrogen (secondary N) is 1. The summed E-state index contributed by atoms with van der Waals surface area (Å²) in [6, 6.07) is 33.3. The molecule has 0 unspecified atom stereocenters. The van der Waals surface area contributed by atoms with E-state index < -0.39 is 0 Å². The van der Waals surface area contributed by atoms with Gasteiger partial charge in [-0.25, -0.2) is 0 Å². The Morgan fingerprint density at radius 2 is 1.30 bits per heavy atom. The molecule has 0 aliphatic heterocycles. The highest BCUT2D eigenvalue weighted by Gasteiger charge is 2.18. The normalized spacial score (nSPS) is 10.9. The minimum atomic E-state index is -0.334. The Morgan fingerprint density at radius 3 is 2.00 bits per heavy atom. The first-order valence-electron chi connectivity index (χ1n) is 9.73. The molecule has 5 rings (SSSR count). The van der Waals surface area contributed by atoms with Crippen molar-refractivity contribution in [3.8, 4) is 33.5 Å². The molecule has 4 nitrogen and oxygen atoms in total. The molecule has 0 radical (unpaired) electrons. The molecule has 0 atom stereocenters. The van der Waals surface area contributed by atoms with Gasteiger partial charge in [-0.15, -0.1) is 0 Å². The van der Waals surface area contributed by atoms with Gasteiger partial charge in [0.1, 0.15) is 0 Å². The number of para-hydroxylation sites is 1. The van der Waals surface area contributed by atoms with Gasteiger partial charge in [0.2, 0.25) is 0 Å². The lowest BCUT2D eigenvalue weighted by molar-refractivity contribution is -0.384. The lowest BCUT2D eigenvalue weighted by atomic mass is 9.97. The molecule has 0 saturated carbocycles. The molecule has 5 aromatic rings. The van der Waals surface area contributed by atoms with Crippen LogP contribution in [0.1, 0.15) is 0 Å². The molecule has 0 spiro atoms. The average molecular weight is 390 g/mol. The molecular weight excluding hydrogens is 372 g/mol. The Kier molecular flexibility index (Phi) is 4.37. The van der Waals surface area contributed by atoms with Crippen LogP contribution in [0.25, 0.3) is 44.4 Å². The fourth-order valence-corrected chi connectivity index (χ4v) is 3.97. The molecule has 4 heteroatoms. The van der Waals surface area contributed by atoms with Crippen molar-refractivity contribution in [3.05, 3.63) is 113 Å². The van der Waals surface area contributed by atoms with E-state index >= 15 is 0 Å². The second-order valence-corrected chi connectivity index (χ2v) is 7.14. The molecule has 0 fully saturated rings. The van der Waals surface area contributed by atoms with Gasteiger partial charge in [0.15, 0.2) is 0 Å². The Balaban J connectivity index is 1.76. The summed E-state index contributed by atoms with van der Waals surface area (Å²) < 4.78 is 0. The second-order valence-electron chi connectivity index (χ2n) is 7.14. The summed E-state index contributed by atoms with van der Waals surface area (Å²) in [6.45, 7) is 0. The first kappa shape index (κ1) is 17.9. The number of hydrogen-bond acceptors (Lipinski definition) is 2. The molecule has 4 aromatic carbocycles. The minimum Gasteiger partial charge on any atom is -0.354 e. The molecule has 1 N–H and O–H groups in total.